The summed E-state index contributed by atoms with van der Waals surface area (Å²) in [6.45, 7) is 0.550. The van der Waals surface area contributed by atoms with E-state index >= 15 is 0 Å². The van der Waals surface area contributed by atoms with Crippen LogP contribution in [0.3, 0.4) is 0 Å². The molecule has 0 saturated heterocycles. The quantitative estimate of drug-likeness (QED) is 0.328. The molecule has 2 aromatic rings. The highest BCUT2D eigenvalue weighted by atomic mass is 32.2. The van der Waals surface area contributed by atoms with Crippen LogP contribution < -0.4 is 0 Å². The predicted octanol–water partition coefficient (Wildman–Crippen LogP) is 5.89. The third-order valence-electron chi connectivity index (χ3n) is 6.50. The molecule has 1 N–H and O–H groups in total. The molecule has 1 fully saturated rings. The summed E-state index contributed by atoms with van der Waals surface area (Å²) in [5.41, 5.74) is -5.67. The van der Waals surface area contributed by atoms with E-state index in [1.807, 2.05) is 0 Å². The van der Waals surface area contributed by atoms with Crippen LogP contribution in [0.25, 0.3) is 0 Å². The summed E-state index contributed by atoms with van der Waals surface area (Å²) in [5, 5.41) is 9.47. The molecule has 3 rings (SSSR count). The lowest BCUT2D eigenvalue weighted by atomic mass is 9.70. The highest BCUT2D eigenvalue weighted by molar-refractivity contribution is 7.92. The Labute approximate surface area is 199 Å². The zero-order valence-corrected chi connectivity index (χ0v) is 19.7. The molecule has 0 radical (unpaired) electrons. The van der Waals surface area contributed by atoms with Gasteiger partial charge in [-0.15, -0.1) is 0 Å². The van der Waals surface area contributed by atoms with Crippen molar-refractivity contribution >= 4 is 9.84 Å². The number of benzene rings is 2. The normalized spacial score (nSPS) is 21.5. The number of aliphatic hydroxyl groups excluding tert-OH is 1. The van der Waals surface area contributed by atoms with Crippen LogP contribution >= 0.6 is 0 Å². The fourth-order valence-corrected chi connectivity index (χ4v) is 6.87. The summed E-state index contributed by atoms with van der Waals surface area (Å²) in [5.74, 6) is -0.366. The monoisotopic (exact) mass is 524 g/mol. The zero-order valence-electron chi connectivity index (χ0n) is 18.9. The number of aliphatic hydroxyl groups is 1. The second-order valence-electron chi connectivity index (χ2n) is 8.72. The molecule has 0 heterocycles. The summed E-state index contributed by atoms with van der Waals surface area (Å²) >= 11 is 0. The van der Waals surface area contributed by atoms with Gasteiger partial charge in [-0.05, 0) is 42.9 Å². The maximum atomic E-state index is 13.9. The number of ether oxygens (including phenoxy) is 1. The van der Waals surface area contributed by atoms with Gasteiger partial charge in [-0.3, -0.25) is 0 Å². The van der Waals surface area contributed by atoms with E-state index in [-0.39, 0.29) is 42.2 Å². The SMILES string of the molecule is CCCCOC(c1ccc(C2(S(=O)(=O)c3ccccc3)CC(CO)C2)cc1)(C(F)(F)F)C(F)(F)F. The summed E-state index contributed by atoms with van der Waals surface area (Å²) < 4.78 is 114. The van der Waals surface area contributed by atoms with Crippen molar-refractivity contribution in [2.75, 3.05) is 13.2 Å². The first kappa shape index (κ1) is 27.5. The Morgan fingerprint density at radius 1 is 0.943 bits per heavy atom. The molecule has 4 nitrogen and oxygen atoms in total. The van der Waals surface area contributed by atoms with E-state index in [2.05, 4.69) is 4.74 Å². The molecule has 0 bridgehead atoms. The van der Waals surface area contributed by atoms with Crippen LogP contribution in [0.15, 0.2) is 59.5 Å². The van der Waals surface area contributed by atoms with Gasteiger partial charge in [-0.25, -0.2) is 8.42 Å². The molecule has 1 aliphatic carbocycles. The lowest BCUT2D eigenvalue weighted by molar-refractivity contribution is -0.389. The molecule has 0 amide bonds. The van der Waals surface area contributed by atoms with Gasteiger partial charge in [0, 0.05) is 18.8 Å². The summed E-state index contributed by atoms with van der Waals surface area (Å²) in [4.78, 5) is -0.0247. The molecule has 11 heteroatoms. The van der Waals surface area contributed by atoms with Crippen LogP contribution in [0.5, 0.6) is 0 Å². The lowest BCUT2D eigenvalue weighted by Gasteiger charge is -2.47. The molecule has 194 valence electrons. The number of alkyl halides is 6. The fourth-order valence-electron chi connectivity index (χ4n) is 4.55. The maximum Gasteiger partial charge on any atom is 0.430 e. The van der Waals surface area contributed by atoms with Crippen molar-refractivity contribution in [3.05, 3.63) is 65.7 Å². The van der Waals surface area contributed by atoms with E-state index in [1.165, 1.54) is 24.3 Å². The first-order chi connectivity index (χ1) is 16.3. The molecular weight excluding hydrogens is 498 g/mol. The van der Waals surface area contributed by atoms with Gasteiger partial charge < -0.3 is 9.84 Å². The first-order valence-corrected chi connectivity index (χ1v) is 12.5. The maximum absolute atomic E-state index is 13.9. The van der Waals surface area contributed by atoms with E-state index in [0.29, 0.717) is 18.6 Å². The van der Waals surface area contributed by atoms with Gasteiger partial charge in [0.1, 0.15) is 4.75 Å². The minimum absolute atomic E-state index is 0.00697. The number of halogens is 6. The van der Waals surface area contributed by atoms with Gasteiger partial charge in [-0.1, -0.05) is 55.8 Å². The van der Waals surface area contributed by atoms with Crippen molar-refractivity contribution in [2.24, 2.45) is 5.92 Å². The summed E-state index contributed by atoms with van der Waals surface area (Å²) in [6, 6.07) is 10.6. The van der Waals surface area contributed by atoms with Gasteiger partial charge >= 0.3 is 12.4 Å². The molecule has 1 saturated carbocycles. The van der Waals surface area contributed by atoms with Crippen LogP contribution in [0.1, 0.15) is 43.7 Å². The Morgan fingerprint density at radius 3 is 1.94 bits per heavy atom. The average Bonchev–Trinajstić information content (AvgIpc) is 2.75. The van der Waals surface area contributed by atoms with Crippen molar-refractivity contribution in [2.45, 2.75) is 60.2 Å². The number of sulfone groups is 1. The minimum Gasteiger partial charge on any atom is -0.396 e. The summed E-state index contributed by atoms with van der Waals surface area (Å²) in [6.07, 6.45) is -11.3. The van der Waals surface area contributed by atoms with E-state index < -0.39 is 44.7 Å². The van der Waals surface area contributed by atoms with E-state index in [1.54, 1.807) is 13.0 Å². The topological polar surface area (TPSA) is 63.6 Å². The largest absolute Gasteiger partial charge is 0.430 e. The molecule has 0 atom stereocenters. The Bertz CT molecular complexity index is 1080. The molecular formula is C24H26F6O4S. The minimum atomic E-state index is -5.81. The molecule has 1 aliphatic rings. The van der Waals surface area contributed by atoms with Crippen molar-refractivity contribution in [1.82, 2.24) is 0 Å². The van der Waals surface area contributed by atoms with E-state index in [9.17, 15) is 39.9 Å². The number of hydrogen-bond acceptors (Lipinski definition) is 4. The van der Waals surface area contributed by atoms with Crippen LogP contribution in [-0.4, -0.2) is 39.1 Å². The van der Waals surface area contributed by atoms with Crippen LogP contribution in [0, 0.1) is 5.92 Å². The molecule has 2 aromatic carbocycles. The Balaban J connectivity index is 2.11. The molecule has 0 aromatic heterocycles. The highest BCUT2D eigenvalue weighted by Gasteiger charge is 2.73. The van der Waals surface area contributed by atoms with Crippen LogP contribution in [0.2, 0.25) is 0 Å². The van der Waals surface area contributed by atoms with Crippen LogP contribution in [0.4, 0.5) is 26.3 Å². The first-order valence-electron chi connectivity index (χ1n) is 11.1. The Kier molecular flexibility index (Phi) is 7.65. The van der Waals surface area contributed by atoms with Gasteiger partial charge in [-0.2, -0.15) is 26.3 Å². The molecule has 0 unspecified atom stereocenters. The van der Waals surface area contributed by atoms with Crippen molar-refractivity contribution in [3.63, 3.8) is 0 Å². The fraction of sp³-hybridized carbons (Fsp3) is 0.500. The Hall–Kier alpha value is -2.11. The number of unbranched alkanes of at least 4 members (excludes halogenated alkanes) is 1. The highest BCUT2D eigenvalue weighted by Crippen LogP contribution is 2.56. The van der Waals surface area contributed by atoms with E-state index in [0.717, 1.165) is 12.1 Å². The number of hydrogen-bond donors (Lipinski definition) is 1. The zero-order chi connectivity index (χ0) is 26.1. The van der Waals surface area contributed by atoms with Crippen molar-refractivity contribution < 1.29 is 44.6 Å². The molecule has 0 spiro atoms. The van der Waals surface area contributed by atoms with E-state index in [4.69, 9.17) is 0 Å². The third-order valence-corrected chi connectivity index (χ3v) is 8.99. The number of rotatable bonds is 9. The van der Waals surface area contributed by atoms with Gasteiger partial charge in [0.2, 0.25) is 0 Å². The predicted molar refractivity (Wildman–Crippen MR) is 116 cm³/mol. The van der Waals surface area contributed by atoms with Crippen molar-refractivity contribution in [1.29, 1.82) is 0 Å². The Morgan fingerprint density at radius 2 is 1.49 bits per heavy atom. The smallest absolute Gasteiger partial charge is 0.396 e. The molecule has 0 aliphatic heterocycles. The van der Waals surface area contributed by atoms with Gasteiger partial charge in [0.15, 0.2) is 9.84 Å². The average molecular weight is 525 g/mol. The second-order valence-corrected chi connectivity index (χ2v) is 11.0. The van der Waals surface area contributed by atoms with Gasteiger partial charge in [0.05, 0.1) is 4.90 Å². The molecule has 35 heavy (non-hydrogen) atoms. The summed E-state index contributed by atoms with van der Waals surface area (Å²) in [7, 11) is -4.07. The van der Waals surface area contributed by atoms with Crippen molar-refractivity contribution in [3.8, 4) is 0 Å². The lowest BCUT2D eigenvalue weighted by Crippen LogP contribution is -2.56. The van der Waals surface area contributed by atoms with Gasteiger partial charge in [0.25, 0.3) is 5.60 Å². The second kappa shape index (κ2) is 9.74. The van der Waals surface area contributed by atoms with Crippen LogP contribution in [-0.2, 0) is 24.9 Å². The third kappa shape index (κ3) is 4.58. The standard InChI is InChI=1S/C24H26F6O4S/c1-2-3-13-34-22(23(25,26)27,24(28,29)30)19-11-9-18(10-12-19)21(14-17(15-21)16-31)35(32,33)20-7-5-4-6-8-20/h4-12,17,31H,2-3,13-16H2,1H3.